The number of rotatable bonds is 6. The Labute approximate surface area is 88.8 Å². The van der Waals surface area contributed by atoms with E-state index in [9.17, 15) is 19.5 Å². The van der Waals surface area contributed by atoms with Gasteiger partial charge in [0.1, 0.15) is 0 Å². The molecule has 0 rings (SSSR count). The number of carbonyl (C=O) groups is 3. The number of nitrogens with one attached hydrogen (secondary N) is 1. The summed E-state index contributed by atoms with van der Waals surface area (Å²) in [6.07, 6.45) is -1.04. The molecule has 0 bridgehead atoms. The molecule has 0 radical (unpaired) electrons. The van der Waals surface area contributed by atoms with Gasteiger partial charge >= 0.3 is 17.9 Å². The predicted octanol–water partition coefficient (Wildman–Crippen LogP) is -1.80. The molecule has 9 nitrogen and oxygen atoms in total. The number of carbonyl (C=O) groups excluding carboxylic acids is 1. The third kappa shape index (κ3) is 4.25. The van der Waals surface area contributed by atoms with Crippen LogP contribution in [-0.4, -0.2) is 38.8 Å². The molecule has 0 spiro atoms. The van der Waals surface area contributed by atoms with Gasteiger partial charge in [-0.1, -0.05) is 0 Å². The molecule has 0 aliphatic rings. The van der Waals surface area contributed by atoms with Gasteiger partial charge in [0, 0.05) is 0 Å². The summed E-state index contributed by atoms with van der Waals surface area (Å²) < 4.78 is 0. The van der Waals surface area contributed by atoms with E-state index in [-0.39, 0.29) is 0 Å². The van der Waals surface area contributed by atoms with E-state index in [1.807, 2.05) is 0 Å². The fraction of sp³-hybridized carbons (Fsp3) is 0.429. The van der Waals surface area contributed by atoms with Crippen LogP contribution in [-0.2, 0) is 19.2 Å². The predicted molar refractivity (Wildman–Crippen MR) is 44.3 cm³/mol. The fourth-order valence-electron chi connectivity index (χ4n) is 0.819. The third-order valence-corrected chi connectivity index (χ3v) is 1.49. The topological polar surface area (TPSA) is 157 Å². The number of aliphatic hydroxyl groups is 1. The minimum Gasteiger partial charge on any atom is -0.481 e. The van der Waals surface area contributed by atoms with Gasteiger partial charge in [-0.15, -0.1) is 0 Å². The Kier molecular flexibility index (Phi) is 4.71. The van der Waals surface area contributed by atoms with Gasteiger partial charge < -0.3 is 20.2 Å². The zero-order valence-electron chi connectivity index (χ0n) is 7.84. The van der Waals surface area contributed by atoms with Gasteiger partial charge in [-0.3, -0.25) is 4.79 Å². The lowest BCUT2D eigenvalue weighted by atomic mass is 9.96. The summed E-state index contributed by atoms with van der Waals surface area (Å²) in [7, 11) is 0. The molecule has 0 heterocycles. The summed E-state index contributed by atoms with van der Waals surface area (Å²) in [5.74, 6) is -4.73. The first-order valence-corrected chi connectivity index (χ1v) is 3.83. The number of hydrogen-bond donors (Lipinski definition) is 4. The van der Waals surface area contributed by atoms with Crippen molar-refractivity contribution in [1.82, 2.24) is 5.48 Å². The Hall–Kier alpha value is -2.34. The van der Waals surface area contributed by atoms with Gasteiger partial charge in [0.05, 0.1) is 12.8 Å². The molecule has 0 aliphatic carbocycles. The Morgan fingerprint density at radius 3 is 2.25 bits per heavy atom. The maximum absolute atomic E-state index is 10.9. The second kappa shape index (κ2) is 5.52. The zero-order valence-corrected chi connectivity index (χ0v) is 7.84. The molecule has 0 aromatic heterocycles. The van der Waals surface area contributed by atoms with Gasteiger partial charge in [-0.2, -0.15) is 10.7 Å². The van der Waals surface area contributed by atoms with Crippen LogP contribution in [0.5, 0.6) is 0 Å². The molecular weight excluding hydrogens is 224 g/mol. The second-order valence-corrected chi connectivity index (χ2v) is 2.77. The van der Waals surface area contributed by atoms with Crippen LogP contribution in [0, 0.1) is 11.5 Å². The molecule has 1 unspecified atom stereocenters. The maximum atomic E-state index is 10.9. The minimum atomic E-state index is -2.76. The molecule has 4 N–H and O–H groups in total. The highest BCUT2D eigenvalue weighted by Gasteiger charge is 2.41. The summed E-state index contributed by atoms with van der Waals surface area (Å²) in [4.78, 5) is 35.6. The monoisotopic (exact) mass is 232 g/mol. The van der Waals surface area contributed by atoms with Crippen LogP contribution in [0.25, 0.3) is 0 Å². The van der Waals surface area contributed by atoms with Crippen molar-refractivity contribution in [3.05, 3.63) is 0 Å². The van der Waals surface area contributed by atoms with Crippen molar-refractivity contribution in [2.24, 2.45) is 0 Å². The molecule has 1 atom stereocenters. The molecule has 0 aromatic carbocycles. The van der Waals surface area contributed by atoms with Crippen molar-refractivity contribution < 1.29 is 34.5 Å². The number of nitrogens with zero attached hydrogens (tertiary/aromatic N) is 1. The Balaban J connectivity index is 4.57. The summed E-state index contributed by atoms with van der Waals surface area (Å²) in [5.41, 5.74) is -1.30. The van der Waals surface area contributed by atoms with Gasteiger partial charge in [-0.25, -0.2) is 9.59 Å². The highest BCUT2D eigenvalue weighted by molar-refractivity contribution is 5.88. The van der Waals surface area contributed by atoms with Gasteiger partial charge in [0.2, 0.25) is 6.19 Å². The SMILES string of the molecule is N#CNOC(=O)CC(O)(CC(=O)O)C(=O)O. The van der Waals surface area contributed by atoms with Crippen LogP contribution >= 0.6 is 0 Å². The largest absolute Gasteiger partial charge is 0.481 e. The van der Waals surface area contributed by atoms with Crippen molar-refractivity contribution in [2.75, 3.05) is 0 Å². The zero-order chi connectivity index (χ0) is 12.8. The smallest absolute Gasteiger partial charge is 0.336 e. The maximum Gasteiger partial charge on any atom is 0.336 e. The molecule has 0 fully saturated rings. The first-order valence-electron chi connectivity index (χ1n) is 3.83. The summed E-state index contributed by atoms with van der Waals surface area (Å²) in [5, 5.41) is 34.2. The summed E-state index contributed by atoms with van der Waals surface area (Å²) in [6.45, 7) is 0. The lowest BCUT2D eigenvalue weighted by Gasteiger charge is -2.19. The Morgan fingerprint density at radius 2 is 1.88 bits per heavy atom. The van der Waals surface area contributed by atoms with E-state index in [0.717, 1.165) is 0 Å². The normalized spacial score (nSPS) is 13.0. The number of nitriles is 1. The standard InChI is InChI=1S/C7H8N2O7/c8-3-9-16-5(12)2-7(15,6(13)14)1-4(10)11/h9,15H,1-2H2,(H,10,11)(H,13,14). The van der Waals surface area contributed by atoms with E-state index in [4.69, 9.17) is 15.5 Å². The van der Waals surface area contributed by atoms with Crippen LogP contribution in [0.4, 0.5) is 0 Å². The highest BCUT2D eigenvalue weighted by Crippen LogP contribution is 2.16. The van der Waals surface area contributed by atoms with E-state index in [1.54, 1.807) is 0 Å². The quantitative estimate of drug-likeness (QED) is 0.235. The van der Waals surface area contributed by atoms with E-state index in [0.29, 0.717) is 0 Å². The van der Waals surface area contributed by atoms with Gasteiger partial charge in [0.15, 0.2) is 5.60 Å². The lowest BCUT2D eigenvalue weighted by molar-refractivity contribution is -0.173. The van der Waals surface area contributed by atoms with Crippen molar-refractivity contribution in [2.45, 2.75) is 18.4 Å². The van der Waals surface area contributed by atoms with E-state index in [2.05, 4.69) is 4.84 Å². The van der Waals surface area contributed by atoms with Gasteiger partial charge in [-0.05, 0) is 0 Å². The average Bonchev–Trinajstić information content (AvgIpc) is 2.12. The molecule has 16 heavy (non-hydrogen) atoms. The fourth-order valence-corrected chi connectivity index (χ4v) is 0.819. The molecule has 0 amide bonds. The number of carboxylic acid groups (broad SMARTS) is 2. The molecule has 0 aromatic rings. The minimum absolute atomic E-state index is 1.09. The van der Waals surface area contributed by atoms with Crippen molar-refractivity contribution in [3.63, 3.8) is 0 Å². The lowest BCUT2D eigenvalue weighted by Crippen LogP contribution is -2.43. The van der Waals surface area contributed by atoms with Crippen LogP contribution in [0.1, 0.15) is 12.8 Å². The van der Waals surface area contributed by atoms with Gasteiger partial charge in [0.25, 0.3) is 0 Å². The number of hydrogen-bond acceptors (Lipinski definition) is 7. The first kappa shape index (κ1) is 13.7. The third-order valence-electron chi connectivity index (χ3n) is 1.49. The average molecular weight is 232 g/mol. The Morgan fingerprint density at radius 1 is 1.31 bits per heavy atom. The van der Waals surface area contributed by atoms with Crippen LogP contribution in [0.3, 0.4) is 0 Å². The van der Waals surface area contributed by atoms with E-state index < -0.39 is 36.4 Å². The molecular formula is C7H8N2O7. The van der Waals surface area contributed by atoms with Crippen molar-refractivity contribution in [1.29, 1.82) is 5.26 Å². The molecule has 0 saturated heterocycles. The highest BCUT2D eigenvalue weighted by atomic mass is 16.7. The van der Waals surface area contributed by atoms with E-state index >= 15 is 0 Å². The molecule has 0 aliphatic heterocycles. The van der Waals surface area contributed by atoms with Crippen LogP contribution < -0.4 is 5.48 Å². The molecule has 88 valence electrons. The number of aliphatic carboxylic acids is 2. The Bertz CT molecular complexity index is 347. The number of carboxylic acids is 2. The second-order valence-electron chi connectivity index (χ2n) is 2.77. The summed E-state index contributed by atoms with van der Waals surface area (Å²) in [6, 6.07) is 0. The first-order chi connectivity index (χ1) is 7.31. The molecule has 0 saturated carbocycles. The van der Waals surface area contributed by atoms with Crippen molar-refractivity contribution in [3.8, 4) is 6.19 Å². The van der Waals surface area contributed by atoms with Crippen LogP contribution in [0.15, 0.2) is 0 Å². The number of hydroxylamine groups is 1. The summed E-state index contributed by atoms with van der Waals surface area (Å²) >= 11 is 0. The van der Waals surface area contributed by atoms with Crippen molar-refractivity contribution >= 4 is 17.9 Å². The van der Waals surface area contributed by atoms with E-state index in [1.165, 1.54) is 11.7 Å². The van der Waals surface area contributed by atoms with Crippen LogP contribution in [0.2, 0.25) is 0 Å². The molecule has 9 heteroatoms.